The number of carbonyl (C=O) groups is 2. The fourth-order valence-electron chi connectivity index (χ4n) is 3.21. The summed E-state index contributed by atoms with van der Waals surface area (Å²) in [5, 5.41) is 10.2. The van der Waals surface area contributed by atoms with Crippen LogP contribution in [-0.4, -0.2) is 83.6 Å². The number of nitrogens with zero attached hydrogens (tertiary/aromatic N) is 4. The average Bonchev–Trinajstić information content (AvgIpc) is 3.05. The lowest BCUT2D eigenvalue weighted by atomic mass is 9.89. The van der Waals surface area contributed by atoms with Gasteiger partial charge in [0.1, 0.15) is 0 Å². The van der Waals surface area contributed by atoms with Crippen LogP contribution < -0.4 is 10.2 Å². The molecule has 2 amide bonds. The lowest BCUT2D eigenvalue weighted by Gasteiger charge is -2.38. The highest BCUT2D eigenvalue weighted by Gasteiger charge is 2.44. The molecule has 2 aliphatic rings. The van der Waals surface area contributed by atoms with Gasteiger partial charge in [0.05, 0.1) is 12.1 Å². The maximum absolute atomic E-state index is 11.8. The molecule has 162 valence electrons. The second kappa shape index (κ2) is 9.25. The van der Waals surface area contributed by atoms with Gasteiger partial charge < -0.3 is 25.0 Å². The molecule has 0 aromatic carbocycles. The zero-order valence-corrected chi connectivity index (χ0v) is 16.1. The van der Waals surface area contributed by atoms with Crippen molar-refractivity contribution in [2.24, 2.45) is 0 Å². The monoisotopic (exact) mass is 419 g/mol. The molecule has 1 aromatic rings. The van der Waals surface area contributed by atoms with E-state index in [9.17, 15) is 18.0 Å². The molecule has 1 aromatic heterocycles. The number of alkyl halides is 3. The van der Waals surface area contributed by atoms with Gasteiger partial charge >= 0.3 is 18.2 Å². The van der Waals surface area contributed by atoms with Crippen molar-refractivity contribution < 1.29 is 32.6 Å². The number of hydrogen-bond acceptors (Lipinski definition) is 6. The summed E-state index contributed by atoms with van der Waals surface area (Å²) >= 11 is 0. The molecule has 3 rings (SSSR count). The van der Waals surface area contributed by atoms with Crippen LogP contribution in [0.3, 0.4) is 0 Å². The average molecular weight is 419 g/mol. The molecular formula is C17H24F3N5O4. The number of carboxylic acids is 1. The van der Waals surface area contributed by atoms with Gasteiger partial charge in [-0.25, -0.2) is 19.6 Å². The van der Waals surface area contributed by atoms with E-state index in [-0.39, 0.29) is 17.7 Å². The van der Waals surface area contributed by atoms with Gasteiger partial charge in [0.15, 0.2) is 0 Å². The van der Waals surface area contributed by atoms with E-state index in [0.717, 1.165) is 38.3 Å². The first kappa shape index (κ1) is 22.7. The van der Waals surface area contributed by atoms with Crippen LogP contribution in [0.5, 0.6) is 0 Å². The van der Waals surface area contributed by atoms with Gasteiger partial charge in [0.2, 0.25) is 5.95 Å². The van der Waals surface area contributed by atoms with E-state index >= 15 is 0 Å². The van der Waals surface area contributed by atoms with Crippen molar-refractivity contribution in [3.8, 4) is 0 Å². The number of urea groups is 1. The molecule has 12 heteroatoms. The lowest BCUT2D eigenvalue weighted by molar-refractivity contribution is -0.192. The molecule has 0 saturated carbocycles. The number of amides is 2. The Labute approximate surface area is 165 Å². The Morgan fingerprint density at radius 1 is 1.34 bits per heavy atom. The Morgan fingerprint density at radius 3 is 2.52 bits per heavy atom. The van der Waals surface area contributed by atoms with Crippen LogP contribution in [0.15, 0.2) is 18.5 Å². The van der Waals surface area contributed by atoms with Crippen LogP contribution in [0.25, 0.3) is 0 Å². The van der Waals surface area contributed by atoms with Gasteiger partial charge in [0.25, 0.3) is 0 Å². The molecule has 1 spiro atoms. The second-order valence-corrected chi connectivity index (χ2v) is 7.09. The molecule has 3 heterocycles. The van der Waals surface area contributed by atoms with Gasteiger partial charge in [-0.2, -0.15) is 13.2 Å². The van der Waals surface area contributed by atoms with Crippen LogP contribution in [-0.2, 0) is 9.53 Å². The summed E-state index contributed by atoms with van der Waals surface area (Å²) in [6.07, 6.45) is 1.09. The molecular weight excluding hydrogens is 395 g/mol. The molecule has 2 saturated heterocycles. The van der Waals surface area contributed by atoms with Crippen molar-refractivity contribution >= 4 is 17.9 Å². The number of hydrogen-bond donors (Lipinski definition) is 2. The van der Waals surface area contributed by atoms with E-state index in [0.29, 0.717) is 6.61 Å². The predicted octanol–water partition coefficient (Wildman–Crippen LogP) is 1.51. The highest BCUT2D eigenvalue weighted by Crippen LogP contribution is 2.35. The summed E-state index contributed by atoms with van der Waals surface area (Å²) in [7, 11) is 3.52. The first-order valence-corrected chi connectivity index (χ1v) is 8.96. The summed E-state index contributed by atoms with van der Waals surface area (Å²) in [6, 6.07) is 1.95. The smallest absolute Gasteiger partial charge is 0.475 e. The van der Waals surface area contributed by atoms with Crippen molar-refractivity contribution in [3.05, 3.63) is 18.5 Å². The summed E-state index contributed by atoms with van der Waals surface area (Å²) in [5.41, 5.74) is -0.193. The number of halogens is 3. The Balaban J connectivity index is 0.000000370. The predicted molar refractivity (Wildman–Crippen MR) is 96.5 cm³/mol. The fraction of sp³-hybridized carbons (Fsp3) is 0.647. The van der Waals surface area contributed by atoms with Gasteiger partial charge in [-0.1, -0.05) is 0 Å². The molecule has 2 aliphatic heterocycles. The van der Waals surface area contributed by atoms with E-state index < -0.39 is 12.1 Å². The first-order valence-electron chi connectivity index (χ1n) is 8.96. The van der Waals surface area contributed by atoms with Crippen LogP contribution >= 0.6 is 0 Å². The maximum atomic E-state index is 11.8. The van der Waals surface area contributed by atoms with Gasteiger partial charge in [0, 0.05) is 45.7 Å². The number of nitrogens with one attached hydrogen (secondary N) is 1. The number of aliphatic carboxylic acids is 1. The largest absolute Gasteiger partial charge is 0.490 e. The molecule has 2 N–H and O–H groups in total. The molecule has 2 fully saturated rings. The van der Waals surface area contributed by atoms with Crippen molar-refractivity contribution in [1.82, 2.24) is 20.2 Å². The highest BCUT2D eigenvalue weighted by atomic mass is 19.4. The zero-order chi connectivity index (χ0) is 21.7. The minimum absolute atomic E-state index is 0.0386. The van der Waals surface area contributed by atoms with Crippen LogP contribution in [0.4, 0.5) is 23.9 Å². The van der Waals surface area contributed by atoms with E-state index in [1.165, 1.54) is 0 Å². The van der Waals surface area contributed by atoms with Gasteiger partial charge in [-0.3, -0.25) is 0 Å². The minimum atomic E-state index is -5.08. The van der Waals surface area contributed by atoms with Crippen molar-refractivity contribution in [2.75, 3.05) is 38.7 Å². The Bertz CT molecular complexity index is 704. The molecule has 0 aliphatic carbocycles. The first-order chi connectivity index (χ1) is 13.5. The van der Waals surface area contributed by atoms with E-state index in [4.69, 9.17) is 14.6 Å². The van der Waals surface area contributed by atoms with Gasteiger partial charge in [-0.15, -0.1) is 0 Å². The minimum Gasteiger partial charge on any atom is -0.475 e. The highest BCUT2D eigenvalue weighted by molar-refractivity contribution is 5.74. The number of aromatic nitrogens is 2. The molecule has 2 atom stereocenters. The zero-order valence-electron chi connectivity index (χ0n) is 16.1. The SMILES string of the molecule is CN(C)C(=O)N[C@H]1CCO[C@]2(CCN(c3ncccn3)C2)C1.O=C(O)C(F)(F)F. The van der Waals surface area contributed by atoms with Crippen molar-refractivity contribution in [2.45, 2.75) is 37.1 Å². The van der Waals surface area contributed by atoms with E-state index in [2.05, 4.69) is 20.2 Å². The van der Waals surface area contributed by atoms with Crippen LogP contribution in [0.2, 0.25) is 0 Å². The Kier molecular flexibility index (Phi) is 7.22. The third kappa shape index (κ3) is 6.44. The van der Waals surface area contributed by atoms with E-state index in [1.54, 1.807) is 31.4 Å². The van der Waals surface area contributed by atoms with Crippen molar-refractivity contribution in [3.63, 3.8) is 0 Å². The second-order valence-electron chi connectivity index (χ2n) is 7.09. The summed E-state index contributed by atoms with van der Waals surface area (Å²) in [6.45, 7) is 2.35. The number of carboxylic acid groups (broad SMARTS) is 1. The number of rotatable bonds is 2. The molecule has 9 nitrogen and oxygen atoms in total. The van der Waals surface area contributed by atoms with Gasteiger partial charge in [-0.05, 0) is 25.3 Å². The fourth-order valence-corrected chi connectivity index (χ4v) is 3.21. The lowest BCUT2D eigenvalue weighted by Crippen LogP contribution is -2.51. The third-order valence-electron chi connectivity index (χ3n) is 4.62. The normalized spacial score (nSPS) is 23.9. The maximum Gasteiger partial charge on any atom is 0.490 e. The standard InChI is InChI=1S/C15H23N5O2.C2HF3O2/c1-19(2)14(21)18-12-4-9-22-15(10-12)5-8-20(11-15)13-16-6-3-7-17-13;3-2(4,5)1(6)7/h3,6-7,12H,4-5,8-11H2,1-2H3,(H,18,21);(H,6,7)/t12-,15+;/m0./s1. The summed E-state index contributed by atoms with van der Waals surface area (Å²) < 4.78 is 37.8. The Hall–Kier alpha value is -2.63. The van der Waals surface area contributed by atoms with E-state index in [1.807, 2.05) is 6.07 Å². The summed E-state index contributed by atoms with van der Waals surface area (Å²) in [4.78, 5) is 33.1. The summed E-state index contributed by atoms with van der Waals surface area (Å²) in [5.74, 6) is -2.00. The van der Waals surface area contributed by atoms with Crippen LogP contribution in [0, 0.1) is 0 Å². The quantitative estimate of drug-likeness (QED) is 0.748. The molecule has 0 unspecified atom stereocenters. The van der Waals surface area contributed by atoms with Crippen molar-refractivity contribution in [1.29, 1.82) is 0 Å². The molecule has 0 radical (unpaired) electrons. The number of carbonyl (C=O) groups excluding carboxylic acids is 1. The Morgan fingerprint density at radius 2 is 1.97 bits per heavy atom. The third-order valence-corrected chi connectivity index (χ3v) is 4.62. The molecule has 29 heavy (non-hydrogen) atoms. The van der Waals surface area contributed by atoms with Crippen LogP contribution in [0.1, 0.15) is 19.3 Å². The molecule has 0 bridgehead atoms. The number of ether oxygens (including phenoxy) is 1. The number of anilines is 1. The topological polar surface area (TPSA) is 108 Å².